The molecule has 0 bridgehead atoms. The average Bonchev–Trinajstić information content (AvgIpc) is 3.20. The molecule has 1 aromatic carbocycles. The molecular weight excluding hydrogens is 274 g/mol. The number of hydrogen-bond donors (Lipinski definition) is 0. The summed E-state index contributed by atoms with van der Waals surface area (Å²) in [6.07, 6.45) is 0.896. The highest BCUT2D eigenvalue weighted by atomic mass is 16.5. The quantitative estimate of drug-likeness (QED) is 0.726. The van der Waals surface area contributed by atoms with Crippen LogP contribution in [0.4, 0.5) is 0 Å². The van der Waals surface area contributed by atoms with Crippen LogP contribution in [-0.2, 0) is 11.3 Å². The standard InChI is InChI=1S/C14H13N3O4/c18-14-17(10-3-1-2-4-11(10)20-14)7-12-15-13(16-21-12)9-5-6-19-8-9/h1-4,9H,5-8H2/t9-/m0/s1. The van der Waals surface area contributed by atoms with Crippen LogP contribution in [0.25, 0.3) is 11.1 Å². The topological polar surface area (TPSA) is 83.3 Å². The molecule has 7 heteroatoms. The summed E-state index contributed by atoms with van der Waals surface area (Å²) >= 11 is 0. The fourth-order valence-electron chi connectivity index (χ4n) is 2.54. The Labute approximate surface area is 119 Å². The molecule has 0 N–H and O–H groups in total. The van der Waals surface area contributed by atoms with Gasteiger partial charge in [0.25, 0.3) is 0 Å². The summed E-state index contributed by atoms with van der Waals surface area (Å²) in [5.74, 6) is 0.786. The first-order chi connectivity index (χ1) is 10.3. The highest BCUT2D eigenvalue weighted by Gasteiger charge is 2.23. The van der Waals surface area contributed by atoms with Gasteiger partial charge in [-0.2, -0.15) is 4.98 Å². The molecule has 2 aromatic heterocycles. The fourth-order valence-corrected chi connectivity index (χ4v) is 2.54. The third-order valence-electron chi connectivity index (χ3n) is 3.65. The zero-order valence-corrected chi connectivity index (χ0v) is 11.2. The Kier molecular flexibility index (Phi) is 2.85. The second-order valence-electron chi connectivity index (χ2n) is 5.03. The van der Waals surface area contributed by atoms with Gasteiger partial charge in [0.05, 0.1) is 12.1 Å². The van der Waals surface area contributed by atoms with Crippen molar-refractivity contribution in [2.45, 2.75) is 18.9 Å². The second-order valence-corrected chi connectivity index (χ2v) is 5.03. The van der Waals surface area contributed by atoms with E-state index in [-0.39, 0.29) is 12.5 Å². The Balaban J connectivity index is 1.65. The van der Waals surface area contributed by atoms with Crippen molar-refractivity contribution in [2.75, 3.05) is 13.2 Å². The summed E-state index contributed by atoms with van der Waals surface area (Å²) in [4.78, 5) is 16.2. The van der Waals surface area contributed by atoms with Crippen molar-refractivity contribution in [2.24, 2.45) is 0 Å². The molecule has 7 nitrogen and oxygen atoms in total. The van der Waals surface area contributed by atoms with Crippen molar-refractivity contribution < 1.29 is 13.7 Å². The Morgan fingerprint density at radius 2 is 2.24 bits per heavy atom. The molecule has 1 aliphatic heterocycles. The van der Waals surface area contributed by atoms with Crippen LogP contribution in [0.1, 0.15) is 24.1 Å². The van der Waals surface area contributed by atoms with Crippen LogP contribution in [0, 0.1) is 0 Å². The Bertz CT molecular complexity index is 826. The van der Waals surface area contributed by atoms with Gasteiger partial charge in [-0.1, -0.05) is 17.3 Å². The monoisotopic (exact) mass is 287 g/mol. The largest absolute Gasteiger partial charge is 0.420 e. The minimum atomic E-state index is -0.430. The molecule has 0 amide bonds. The van der Waals surface area contributed by atoms with Gasteiger partial charge in [-0.15, -0.1) is 0 Å². The zero-order valence-electron chi connectivity index (χ0n) is 11.2. The fraction of sp³-hybridized carbons (Fsp3) is 0.357. The van der Waals surface area contributed by atoms with Gasteiger partial charge in [0.2, 0.25) is 5.89 Å². The van der Waals surface area contributed by atoms with E-state index in [2.05, 4.69) is 10.1 Å². The van der Waals surface area contributed by atoms with E-state index >= 15 is 0 Å². The number of ether oxygens (including phenoxy) is 1. The number of benzene rings is 1. The maximum absolute atomic E-state index is 11.9. The second kappa shape index (κ2) is 4.85. The first-order valence-electron chi connectivity index (χ1n) is 6.80. The molecule has 0 radical (unpaired) electrons. The molecule has 1 atom stereocenters. The smallest absolute Gasteiger partial charge is 0.408 e. The molecule has 0 spiro atoms. The molecule has 0 saturated carbocycles. The summed E-state index contributed by atoms with van der Waals surface area (Å²) in [6.45, 7) is 1.55. The van der Waals surface area contributed by atoms with Gasteiger partial charge in [-0.25, -0.2) is 4.79 Å². The van der Waals surface area contributed by atoms with Crippen LogP contribution in [-0.4, -0.2) is 27.9 Å². The Morgan fingerprint density at radius 1 is 1.33 bits per heavy atom. The number of hydrogen-bond acceptors (Lipinski definition) is 6. The summed E-state index contributed by atoms with van der Waals surface area (Å²) in [7, 11) is 0. The number of aromatic nitrogens is 3. The highest BCUT2D eigenvalue weighted by molar-refractivity contribution is 5.72. The normalized spacial score (nSPS) is 18.6. The average molecular weight is 287 g/mol. The molecule has 4 rings (SSSR count). The van der Waals surface area contributed by atoms with E-state index in [1.807, 2.05) is 18.2 Å². The minimum Gasteiger partial charge on any atom is -0.408 e. The molecule has 3 aromatic rings. The Morgan fingerprint density at radius 3 is 3.10 bits per heavy atom. The van der Waals surface area contributed by atoms with Gasteiger partial charge in [-0.05, 0) is 18.6 Å². The first-order valence-corrected chi connectivity index (χ1v) is 6.80. The third kappa shape index (κ3) is 2.15. The van der Waals surface area contributed by atoms with Gasteiger partial charge in [0.1, 0.15) is 6.54 Å². The van der Waals surface area contributed by atoms with Gasteiger partial charge >= 0.3 is 5.76 Å². The summed E-state index contributed by atoms with van der Waals surface area (Å²) in [5, 5.41) is 3.98. The van der Waals surface area contributed by atoms with E-state index in [9.17, 15) is 4.79 Å². The predicted octanol–water partition coefficient (Wildman–Crippen LogP) is 1.53. The van der Waals surface area contributed by atoms with Crippen molar-refractivity contribution in [3.63, 3.8) is 0 Å². The number of fused-ring (bicyclic) bond motifs is 1. The van der Waals surface area contributed by atoms with E-state index in [0.717, 1.165) is 13.0 Å². The molecule has 0 unspecified atom stereocenters. The van der Waals surface area contributed by atoms with Crippen molar-refractivity contribution in [1.29, 1.82) is 0 Å². The van der Waals surface area contributed by atoms with Crippen LogP contribution in [0.2, 0.25) is 0 Å². The van der Waals surface area contributed by atoms with Crippen LogP contribution >= 0.6 is 0 Å². The zero-order chi connectivity index (χ0) is 14.2. The third-order valence-corrected chi connectivity index (χ3v) is 3.65. The highest BCUT2D eigenvalue weighted by Crippen LogP contribution is 2.22. The minimum absolute atomic E-state index is 0.181. The van der Waals surface area contributed by atoms with Crippen molar-refractivity contribution in [3.8, 4) is 0 Å². The SMILES string of the molecule is O=c1oc2ccccc2n1Cc1nc([C@H]2CCOC2)no1. The summed E-state index contributed by atoms with van der Waals surface area (Å²) in [6, 6.07) is 7.24. The van der Waals surface area contributed by atoms with Crippen LogP contribution in [0.15, 0.2) is 38.0 Å². The van der Waals surface area contributed by atoms with Crippen molar-refractivity contribution in [3.05, 3.63) is 46.5 Å². The molecule has 21 heavy (non-hydrogen) atoms. The van der Waals surface area contributed by atoms with E-state index in [1.165, 1.54) is 4.57 Å². The number of para-hydroxylation sites is 2. The molecular formula is C14H13N3O4. The molecule has 1 saturated heterocycles. The molecule has 108 valence electrons. The van der Waals surface area contributed by atoms with E-state index in [1.54, 1.807) is 6.07 Å². The van der Waals surface area contributed by atoms with Gasteiger partial charge in [0.15, 0.2) is 11.4 Å². The van der Waals surface area contributed by atoms with Crippen LogP contribution < -0.4 is 5.76 Å². The van der Waals surface area contributed by atoms with E-state index in [0.29, 0.717) is 29.4 Å². The summed E-state index contributed by atoms with van der Waals surface area (Å²) < 4.78 is 17.2. The number of rotatable bonds is 3. The number of nitrogens with zero attached hydrogens (tertiary/aromatic N) is 3. The van der Waals surface area contributed by atoms with Crippen molar-refractivity contribution in [1.82, 2.24) is 14.7 Å². The maximum atomic E-state index is 11.9. The van der Waals surface area contributed by atoms with Crippen LogP contribution in [0.3, 0.4) is 0 Å². The van der Waals surface area contributed by atoms with E-state index in [4.69, 9.17) is 13.7 Å². The van der Waals surface area contributed by atoms with Gasteiger partial charge in [-0.3, -0.25) is 4.57 Å². The van der Waals surface area contributed by atoms with Crippen LogP contribution in [0.5, 0.6) is 0 Å². The lowest BCUT2D eigenvalue weighted by Gasteiger charge is -1.98. The Hall–Kier alpha value is -2.41. The van der Waals surface area contributed by atoms with Gasteiger partial charge in [0, 0.05) is 12.5 Å². The molecule has 3 heterocycles. The molecule has 0 aliphatic carbocycles. The van der Waals surface area contributed by atoms with E-state index < -0.39 is 5.76 Å². The first kappa shape index (κ1) is 12.3. The molecule has 1 fully saturated rings. The molecule has 1 aliphatic rings. The lowest BCUT2D eigenvalue weighted by Crippen LogP contribution is -2.15. The van der Waals surface area contributed by atoms with Gasteiger partial charge < -0.3 is 13.7 Å². The maximum Gasteiger partial charge on any atom is 0.420 e. The lowest BCUT2D eigenvalue weighted by molar-refractivity contribution is 0.192. The summed E-state index contributed by atoms with van der Waals surface area (Å²) in [5.41, 5.74) is 1.26. The van der Waals surface area contributed by atoms with Crippen molar-refractivity contribution >= 4 is 11.1 Å². The predicted molar refractivity (Wildman–Crippen MR) is 72.1 cm³/mol. The number of oxazole rings is 1. The lowest BCUT2D eigenvalue weighted by atomic mass is 10.1.